The van der Waals surface area contributed by atoms with E-state index in [0.29, 0.717) is 6.29 Å². The molecule has 0 aliphatic heterocycles. The molecule has 0 aliphatic carbocycles. The highest BCUT2D eigenvalue weighted by Gasteiger charge is 2.03. The third kappa shape index (κ3) is 2.62. The van der Waals surface area contributed by atoms with Crippen LogP contribution in [0.3, 0.4) is 0 Å². The van der Waals surface area contributed by atoms with E-state index in [9.17, 15) is 17.6 Å². The number of benzene rings is 1. The van der Waals surface area contributed by atoms with E-state index in [0.717, 1.165) is 6.07 Å². The van der Waals surface area contributed by atoms with Gasteiger partial charge in [-0.15, -0.1) is 0 Å². The van der Waals surface area contributed by atoms with Crippen LogP contribution in [-0.4, -0.2) is 14.7 Å². The summed E-state index contributed by atoms with van der Waals surface area (Å²) in [6, 6.07) is 3.61. The Bertz CT molecular complexity index is 390. The van der Waals surface area contributed by atoms with Crippen LogP contribution in [0, 0.1) is 5.82 Å². The maximum atomic E-state index is 12.9. The van der Waals surface area contributed by atoms with E-state index < -0.39 is 16.5 Å². The van der Waals surface area contributed by atoms with E-state index in [1.54, 1.807) is 0 Å². The van der Waals surface area contributed by atoms with E-state index in [2.05, 4.69) is 0 Å². The molecule has 0 unspecified atom stereocenters. The third-order valence-electron chi connectivity index (χ3n) is 1.51. The van der Waals surface area contributed by atoms with Crippen molar-refractivity contribution in [1.29, 1.82) is 0 Å². The second-order valence-corrected chi connectivity index (χ2v) is 3.44. The summed E-state index contributed by atoms with van der Waals surface area (Å²) in [6.45, 7) is 0. The topological polar surface area (TPSA) is 51.2 Å². The second-order valence-electron chi connectivity index (χ2n) is 2.46. The molecule has 5 heteroatoms. The first-order valence-electron chi connectivity index (χ1n) is 3.49. The van der Waals surface area contributed by atoms with E-state index in [1.165, 1.54) is 12.1 Å². The molecule has 13 heavy (non-hydrogen) atoms. The summed E-state index contributed by atoms with van der Waals surface area (Å²) < 4.78 is 33.5. The average molecular weight is 202 g/mol. The first kappa shape index (κ1) is 9.85. The summed E-state index contributed by atoms with van der Waals surface area (Å²) in [6.07, 6.45) is 0.542. The van der Waals surface area contributed by atoms with Crippen LogP contribution in [0.15, 0.2) is 18.2 Å². The Morgan fingerprint density at radius 3 is 2.62 bits per heavy atom. The van der Waals surface area contributed by atoms with Crippen molar-refractivity contribution in [3.05, 3.63) is 35.1 Å². The summed E-state index contributed by atoms with van der Waals surface area (Å²) >= 11 is 0. The molecular formula is C8H7FO3S. The Morgan fingerprint density at radius 2 is 2.08 bits per heavy atom. The molecule has 0 aromatic heterocycles. The van der Waals surface area contributed by atoms with Crippen LogP contribution >= 0.6 is 0 Å². The van der Waals surface area contributed by atoms with Gasteiger partial charge in [0.25, 0.3) is 0 Å². The molecule has 0 aliphatic rings. The van der Waals surface area contributed by atoms with Crippen molar-refractivity contribution >= 4 is 17.0 Å². The van der Waals surface area contributed by atoms with Gasteiger partial charge in [-0.25, -0.2) is 12.8 Å². The van der Waals surface area contributed by atoms with Crippen LogP contribution in [0.1, 0.15) is 15.9 Å². The van der Waals surface area contributed by atoms with Crippen molar-refractivity contribution in [2.45, 2.75) is 5.75 Å². The molecule has 0 bridgehead atoms. The van der Waals surface area contributed by atoms with Crippen LogP contribution in [0.4, 0.5) is 4.39 Å². The maximum absolute atomic E-state index is 12.9. The van der Waals surface area contributed by atoms with Gasteiger partial charge < -0.3 is 0 Å². The van der Waals surface area contributed by atoms with Gasteiger partial charge in [-0.05, 0) is 18.2 Å². The lowest BCUT2D eigenvalue weighted by atomic mass is 10.1. The summed E-state index contributed by atoms with van der Waals surface area (Å²) in [4.78, 5) is 10.3. The fraction of sp³-hybridized carbons (Fsp3) is 0.125. The van der Waals surface area contributed by atoms with Crippen LogP contribution in [0.2, 0.25) is 0 Å². The SMILES string of the molecule is O=Cc1ccc(F)c(C[SH](=O)=O)c1. The molecule has 0 atom stereocenters. The first-order chi connectivity index (χ1) is 6.13. The van der Waals surface area contributed by atoms with Gasteiger partial charge in [-0.1, -0.05) is 0 Å². The summed E-state index contributed by atoms with van der Waals surface area (Å²) in [5.74, 6) is -0.979. The number of halogens is 1. The highest BCUT2D eigenvalue weighted by molar-refractivity contribution is 7.71. The number of carbonyl (C=O) groups is 1. The zero-order valence-corrected chi connectivity index (χ0v) is 7.46. The van der Waals surface area contributed by atoms with Crippen molar-refractivity contribution in [2.75, 3.05) is 0 Å². The van der Waals surface area contributed by atoms with Crippen LogP contribution < -0.4 is 0 Å². The fourth-order valence-corrected chi connectivity index (χ4v) is 1.45. The smallest absolute Gasteiger partial charge is 0.150 e. The summed E-state index contributed by atoms with van der Waals surface area (Å²) in [5, 5.41) is 0. The molecule has 1 aromatic carbocycles. The lowest BCUT2D eigenvalue weighted by Crippen LogP contribution is -1.93. The molecule has 3 nitrogen and oxygen atoms in total. The Labute approximate surface area is 76.1 Å². The summed E-state index contributed by atoms with van der Waals surface area (Å²) in [5.41, 5.74) is 0.300. The lowest BCUT2D eigenvalue weighted by Gasteiger charge is -1.98. The van der Waals surface area contributed by atoms with E-state index in [4.69, 9.17) is 0 Å². The van der Waals surface area contributed by atoms with E-state index in [-0.39, 0.29) is 16.9 Å². The Kier molecular flexibility index (Phi) is 3.13. The molecule has 0 saturated carbocycles. The van der Waals surface area contributed by atoms with Crippen molar-refractivity contribution in [3.8, 4) is 0 Å². The Hall–Kier alpha value is -1.23. The molecule has 0 spiro atoms. The minimum atomic E-state index is -2.67. The molecule has 1 aromatic rings. The predicted octanol–water partition coefficient (Wildman–Crippen LogP) is 0.750. The number of thiol groups is 1. The highest BCUT2D eigenvalue weighted by Crippen LogP contribution is 2.10. The largest absolute Gasteiger partial charge is 0.298 e. The standard InChI is InChI=1S/C8H7FO3S/c9-8-2-1-6(4-10)3-7(8)5-13(11)12/h1-4,13H,5H2. The Morgan fingerprint density at radius 1 is 1.38 bits per heavy atom. The third-order valence-corrected chi connectivity index (χ3v) is 2.10. The summed E-state index contributed by atoms with van der Waals surface area (Å²) in [7, 11) is -2.67. The quantitative estimate of drug-likeness (QED) is 0.581. The maximum Gasteiger partial charge on any atom is 0.150 e. The molecule has 0 radical (unpaired) electrons. The van der Waals surface area contributed by atoms with E-state index in [1.807, 2.05) is 0 Å². The molecule has 0 fully saturated rings. The molecular weight excluding hydrogens is 195 g/mol. The van der Waals surface area contributed by atoms with Crippen molar-refractivity contribution in [1.82, 2.24) is 0 Å². The van der Waals surface area contributed by atoms with Gasteiger partial charge in [0, 0.05) is 11.1 Å². The van der Waals surface area contributed by atoms with Gasteiger partial charge in [0.15, 0.2) is 0 Å². The van der Waals surface area contributed by atoms with Crippen molar-refractivity contribution in [3.63, 3.8) is 0 Å². The molecule has 1 rings (SSSR count). The van der Waals surface area contributed by atoms with Gasteiger partial charge in [0.1, 0.15) is 22.8 Å². The van der Waals surface area contributed by atoms with Crippen LogP contribution in [-0.2, 0) is 16.5 Å². The minimum Gasteiger partial charge on any atom is -0.298 e. The fourth-order valence-electron chi connectivity index (χ4n) is 0.928. The second kappa shape index (κ2) is 4.13. The molecule has 0 heterocycles. The van der Waals surface area contributed by atoms with Gasteiger partial charge in [0.05, 0.1) is 5.75 Å². The van der Waals surface area contributed by atoms with E-state index >= 15 is 0 Å². The number of hydrogen-bond acceptors (Lipinski definition) is 3. The molecule has 0 amide bonds. The average Bonchev–Trinajstić information content (AvgIpc) is 2.08. The lowest BCUT2D eigenvalue weighted by molar-refractivity contribution is 0.112. The number of rotatable bonds is 3. The molecule has 0 N–H and O–H groups in total. The zero-order chi connectivity index (χ0) is 9.84. The number of carbonyl (C=O) groups excluding carboxylic acids is 1. The van der Waals surface area contributed by atoms with Crippen molar-refractivity contribution < 1.29 is 17.6 Å². The van der Waals surface area contributed by atoms with Gasteiger partial charge in [0.2, 0.25) is 0 Å². The minimum absolute atomic E-state index is 0.0284. The zero-order valence-electron chi connectivity index (χ0n) is 6.57. The highest BCUT2D eigenvalue weighted by atomic mass is 32.2. The molecule has 0 saturated heterocycles. The van der Waals surface area contributed by atoms with Gasteiger partial charge in [-0.2, -0.15) is 0 Å². The van der Waals surface area contributed by atoms with Crippen LogP contribution in [0.25, 0.3) is 0 Å². The predicted molar refractivity (Wildman–Crippen MR) is 45.8 cm³/mol. The Balaban J connectivity index is 3.10. The number of hydrogen-bond donors (Lipinski definition) is 1. The van der Waals surface area contributed by atoms with Gasteiger partial charge >= 0.3 is 0 Å². The first-order valence-corrected chi connectivity index (χ1v) is 4.85. The number of aldehydes is 1. The van der Waals surface area contributed by atoms with Gasteiger partial charge in [-0.3, -0.25) is 4.79 Å². The molecule has 70 valence electrons. The monoisotopic (exact) mass is 202 g/mol. The normalized spacial score (nSPS) is 10.3. The van der Waals surface area contributed by atoms with Crippen LogP contribution in [0.5, 0.6) is 0 Å². The van der Waals surface area contributed by atoms with Crippen molar-refractivity contribution in [2.24, 2.45) is 0 Å².